The molecule has 0 atom stereocenters. The van der Waals surface area contributed by atoms with E-state index >= 15 is 0 Å². The van der Waals surface area contributed by atoms with Crippen LogP contribution in [-0.4, -0.2) is 18.0 Å². The van der Waals surface area contributed by atoms with Crippen molar-refractivity contribution in [2.75, 3.05) is 5.73 Å². The van der Waals surface area contributed by atoms with Crippen LogP contribution in [-0.2, 0) is 23.6 Å². The second-order valence-electron chi connectivity index (χ2n) is 3.96. The predicted octanol–water partition coefficient (Wildman–Crippen LogP) is 0.620. The lowest BCUT2D eigenvalue weighted by molar-refractivity contribution is 0.574. The summed E-state index contributed by atoms with van der Waals surface area (Å²) in [6.07, 6.45) is 3.25. The maximum atomic E-state index is 13.1. The van der Waals surface area contributed by atoms with Gasteiger partial charge in [-0.2, -0.15) is 0 Å². The molecule has 0 unspecified atom stereocenters. The summed E-state index contributed by atoms with van der Waals surface area (Å²) in [6, 6.07) is 3.20. The molecule has 0 spiro atoms. The molecule has 0 bridgehead atoms. The van der Waals surface area contributed by atoms with Gasteiger partial charge in [0.15, 0.2) is 0 Å². The molecular weight excluding hydrogens is 271 g/mol. The van der Waals surface area contributed by atoms with Gasteiger partial charge >= 0.3 is 0 Å². The van der Waals surface area contributed by atoms with Crippen LogP contribution in [0.15, 0.2) is 35.5 Å². The molecule has 2 rings (SSSR count). The van der Waals surface area contributed by atoms with Crippen LogP contribution in [0.25, 0.3) is 0 Å². The molecule has 0 saturated heterocycles. The van der Waals surface area contributed by atoms with Crippen molar-refractivity contribution >= 4 is 15.7 Å². The molecule has 0 aliphatic carbocycles. The summed E-state index contributed by atoms with van der Waals surface area (Å²) >= 11 is 0. The van der Waals surface area contributed by atoms with Crippen LogP contribution < -0.4 is 10.5 Å². The number of nitrogens with zero attached hydrogens (tertiary/aromatic N) is 2. The minimum Gasteiger partial charge on any atom is -0.398 e. The molecule has 0 aliphatic heterocycles. The maximum absolute atomic E-state index is 13.1. The van der Waals surface area contributed by atoms with Crippen molar-refractivity contribution in [3.63, 3.8) is 0 Å². The summed E-state index contributed by atoms with van der Waals surface area (Å²) in [5.41, 5.74) is 5.54. The van der Waals surface area contributed by atoms with Gasteiger partial charge in [0.05, 0.1) is 12.2 Å². The lowest BCUT2D eigenvalue weighted by Crippen LogP contribution is -2.25. The third-order valence-corrected chi connectivity index (χ3v) is 4.06. The molecule has 0 amide bonds. The number of imidazole rings is 1. The lowest BCUT2D eigenvalue weighted by Gasteiger charge is -2.09. The standard InChI is InChI=1S/C11H13FN4O2S/c1-16-5-4-14-11(16)7-15-19(17,18)10-6-8(12)2-3-9(10)13/h2-6,15H,7,13H2,1H3. The van der Waals surface area contributed by atoms with E-state index in [-0.39, 0.29) is 17.1 Å². The molecule has 0 aliphatic rings. The first-order valence-electron chi connectivity index (χ1n) is 5.41. The molecule has 0 fully saturated rings. The van der Waals surface area contributed by atoms with E-state index in [0.717, 1.165) is 12.1 Å². The average Bonchev–Trinajstić information content (AvgIpc) is 2.75. The summed E-state index contributed by atoms with van der Waals surface area (Å²) in [5, 5.41) is 0. The van der Waals surface area contributed by atoms with Gasteiger partial charge < -0.3 is 10.3 Å². The fourth-order valence-electron chi connectivity index (χ4n) is 1.55. The van der Waals surface area contributed by atoms with Crippen LogP contribution >= 0.6 is 0 Å². The van der Waals surface area contributed by atoms with Gasteiger partial charge in [-0.1, -0.05) is 0 Å². The third-order valence-electron chi connectivity index (χ3n) is 2.61. The minimum atomic E-state index is -3.87. The number of sulfonamides is 1. The number of hydrogen-bond donors (Lipinski definition) is 2. The third kappa shape index (κ3) is 2.91. The van der Waals surface area contributed by atoms with E-state index < -0.39 is 15.8 Å². The number of aromatic nitrogens is 2. The lowest BCUT2D eigenvalue weighted by atomic mass is 10.3. The maximum Gasteiger partial charge on any atom is 0.243 e. The van der Waals surface area contributed by atoms with Crippen molar-refractivity contribution in [2.45, 2.75) is 11.4 Å². The van der Waals surface area contributed by atoms with Crippen LogP contribution in [0.3, 0.4) is 0 Å². The zero-order chi connectivity index (χ0) is 14.0. The monoisotopic (exact) mass is 284 g/mol. The normalized spacial score (nSPS) is 11.7. The van der Waals surface area contributed by atoms with Gasteiger partial charge in [0.2, 0.25) is 10.0 Å². The Hall–Kier alpha value is -1.93. The molecule has 6 nitrogen and oxygen atoms in total. The second-order valence-corrected chi connectivity index (χ2v) is 5.70. The fraction of sp³-hybridized carbons (Fsp3) is 0.182. The Bertz CT molecular complexity index is 696. The first kappa shape index (κ1) is 13.5. The number of nitrogens with two attached hydrogens (primary N) is 1. The molecule has 1 aromatic carbocycles. The number of rotatable bonds is 4. The van der Waals surface area contributed by atoms with E-state index in [2.05, 4.69) is 9.71 Å². The SMILES string of the molecule is Cn1ccnc1CNS(=O)(=O)c1cc(F)ccc1N. The molecule has 19 heavy (non-hydrogen) atoms. The molecule has 1 aromatic heterocycles. The van der Waals surface area contributed by atoms with Crippen molar-refractivity contribution in [1.29, 1.82) is 0 Å². The van der Waals surface area contributed by atoms with Crippen LogP contribution in [0.5, 0.6) is 0 Å². The Balaban J connectivity index is 2.23. The van der Waals surface area contributed by atoms with Crippen LogP contribution in [0, 0.1) is 5.82 Å². The van der Waals surface area contributed by atoms with Gasteiger partial charge in [0, 0.05) is 19.4 Å². The van der Waals surface area contributed by atoms with Crippen molar-refractivity contribution < 1.29 is 12.8 Å². The van der Waals surface area contributed by atoms with Crippen molar-refractivity contribution in [3.05, 3.63) is 42.2 Å². The highest BCUT2D eigenvalue weighted by Gasteiger charge is 2.18. The smallest absolute Gasteiger partial charge is 0.243 e. The number of nitrogen functional groups attached to an aromatic ring is 1. The zero-order valence-electron chi connectivity index (χ0n) is 10.2. The van der Waals surface area contributed by atoms with Crippen LogP contribution in [0.2, 0.25) is 0 Å². The van der Waals surface area contributed by atoms with Gasteiger partial charge in [-0.05, 0) is 18.2 Å². The summed E-state index contributed by atoms with van der Waals surface area (Å²) in [4.78, 5) is 3.71. The van der Waals surface area contributed by atoms with Crippen molar-refractivity contribution in [2.24, 2.45) is 7.05 Å². The Labute approximate surface area is 110 Å². The fourth-order valence-corrected chi connectivity index (χ4v) is 2.67. The Morgan fingerprint density at radius 3 is 2.84 bits per heavy atom. The highest BCUT2D eigenvalue weighted by atomic mass is 32.2. The number of halogens is 1. The first-order chi connectivity index (χ1) is 8.90. The summed E-state index contributed by atoms with van der Waals surface area (Å²) in [7, 11) is -2.13. The van der Waals surface area contributed by atoms with E-state index in [9.17, 15) is 12.8 Å². The zero-order valence-corrected chi connectivity index (χ0v) is 11.0. The second kappa shape index (κ2) is 4.98. The van der Waals surface area contributed by atoms with E-state index in [1.165, 1.54) is 6.07 Å². The van der Waals surface area contributed by atoms with Gasteiger partial charge in [0.25, 0.3) is 0 Å². The first-order valence-corrected chi connectivity index (χ1v) is 6.89. The highest BCUT2D eigenvalue weighted by molar-refractivity contribution is 7.89. The number of aryl methyl sites for hydroxylation is 1. The molecule has 1 heterocycles. The molecule has 0 saturated carbocycles. The van der Waals surface area contributed by atoms with E-state index in [4.69, 9.17) is 5.73 Å². The Kier molecular flexibility index (Phi) is 3.54. The molecule has 2 aromatic rings. The van der Waals surface area contributed by atoms with Gasteiger partial charge in [-0.25, -0.2) is 22.5 Å². The van der Waals surface area contributed by atoms with Crippen molar-refractivity contribution in [1.82, 2.24) is 14.3 Å². The van der Waals surface area contributed by atoms with Crippen LogP contribution in [0.1, 0.15) is 5.82 Å². The Morgan fingerprint density at radius 1 is 1.47 bits per heavy atom. The summed E-state index contributed by atoms with van der Waals surface area (Å²) in [6.45, 7) is 0.00177. The summed E-state index contributed by atoms with van der Waals surface area (Å²) in [5.74, 6) is -0.120. The van der Waals surface area contributed by atoms with Crippen molar-refractivity contribution in [3.8, 4) is 0 Å². The topological polar surface area (TPSA) is 90.0 Å². The quantitative estimate of drug-likeness (QED) is 0.805. The van der Waals surface area contributed by atoms with Gasteiger partial charge in [-0.15, -0.1) is 0 Å². The minimum absolute atomic E-state index is 0.00177. The molecular formula is C11H13FN4O2S. The number of nitrogens with one attached hydrogen (secondary N) is 1. The highest BCUT2D eigenvalue weighted by Crippen LogP contribution is 2.19. The molecule has 102 valence electrons. The molecule has 0 radical (unpaired) electrons. The molecule has 3 N–H and O–H groups in total. The average molecular weight is 284 g/mol. The number of anilines is 1. The summed E-state index contributed by atoms with van der Waals surface area (Å²) < 4.78 is 41.1. The van der Waals surface area contributed by atoms with Gasteiger partial charge in [-0.3, -0.25) is 0 Å². The Morgan fingerprint density at radius 2 is 2.21 bits per heavy atom. The molecule has 8 heteroatoms. The largest absolute Gasteiger partial charge is 0.398 e. The van der Waals surface area contributed by atoms with E-state index in [0.29, 0.717) is 5.82 Å². The number of benzene rings is 1. The number of hydrogen-bond acceptors (Lipinski definition) is 4. The van der Waals surface area contributed by atoms with Crippen LogP contribution in [0.4, 0.5) is 10.1 Å². The van der Waals surface area contributed by atoms with Gasteiger partial charge in [0.1, 0.15) is 16.5 Å². The predicted molar refractivity (Wildman–Crippen MR) is 68.0 cm³/mol. The van der Waals surface area contributed by atoms with E-state index in [1.54, 1.807) is 24.0 Å². The van der Waals surface area contributed by atoms with E-state index in [1.807, 2.05) is 0 Å².